The summed E-state index contributed by atoms with van der Waals surface area (Å²) in [4.78, 5) is 12.1. The van der Waals surface area contributed by atoms with Crippen LogP contribution in [0, 0.1) is 0 Å². The van der Waals surface area contributed by atoms with Crippen molar-refractivity contribution in [3.05, 3.63) is 57.5 Å². The lowest BCUT2D eigenvalue weighted by Gasteiger charge is -2.22. The van der Waals surface area contributed by atoms with Gasteiger partial charge in [0.25, 0.3) is 0 Å². The highest BCUT2D eigenvalue weighted by Crippen LogP contribution is 2.26. The van der Waals surface area contributed by atoms with E-state index < -0.39 is 10.0 Å². The van der Waals surface area contributed by atoms with E-state index in [4.69, 9.17) is 34.8 Å². The predicted molar refractivity (Wildman–Crippen MR) is 108 cm³/mol. The van der Waals surface area contributed by atoms with Crippen molar-refractivity contribution in [3.63, 3.8) is 0 Å². The monoisotopic (exact) mass is 434 g/mol. The second kappa shape index (κ2) is 8.95. The summed E-state index contributed by atoms with van der Waals surface area (Å²) in [7, 11) is -3.50. The molecule has 0 bridgehead atoms. The molecule has 0 saturated carbocycles. The molecule has 0 atom stereocenters. The summed E-state index contributed by atoms with van der Waals surface area (Å²) >= 11 is 17.8. The summed E-state index contributed by atoms with van der Waals surface area (Å²) in [6, 6.07) is 11.3. The third-order valence-corrected chi connectivity index (χ3v) is 5.46. The van der Waals surface area contributed by atoms with Crippen LogP contribution in [0.4, 0.5) is 11.4 Å². The number of rotatable bonds is 7. The molecule has 5 nitrogen and oxygen atoms in total. The Labute approximate surface area is 167 Å². The van der Waals surface area contributed by atoms with Gasteiger partial charge < -0.3 is 5.32 Å². The zero-order valence-electron chi connectivity index (χ0n) is 13.9. The Morgan fingerprint density at radius 3 is 2.42 bits per heavy atom. The Kier molecular flexibility index (Phi) is 7.17. The van der Waals surface area contributed by atoms with Crippen LogP contribution in [0.1, 0.15) is 12.8 Å². The molecular weight excluding hydrogens is 419 g/mol. The maximum absolute atomic E-state index is 12.1. The van der Waals surface area contributed by atoms with E-state index in [1.165, 1.54) is 4.31 Å². The fourth-order valence-corrected chi connectivity index (χ4v) is 3.79. The Bertz CT molecular complexity index is 904. The fraction of sp³-hybridized carbons (Fsp3) is 0.235. The molecule has 0 saturated heterocycles. The van der Waals surface area contributed by atoms with Gasteiger partial charge in [-0.2, -0.15) is 0 Å². The van der Waals surface area contributed by atoms with E-state index >= 15 is 0 Å². The number of carbonyl (C=O) groups is 1. The molecule has 2 aromatic carbocycles. The van der Waals surface area contributed by atoms with Crippen LogP contribution in [0.5, 0.6) is 0 Å². The first kappa shape index (κ1) is 20.8. The quantitative estimate of drug-likeness (QED) is 0.677. The van der Waals surface area contributed by atoms with Gasteiger partial charge in [0.05, 0.1) is 22.7 Å². The molecule has 0 fully saturated rings. The summed E-state index contributed by atoms with van der Waals surface area (Å²) in [5, 5.41) is 3.93. The summed E-state index contributed by atoms with van der Waals surface area (Å²) in [5.74, 6) is -0.284. The number of halogens is 3. The van der Waals surface area contributed by atoms with Gasteiger partial charge in [0.15, 0.2) is 0 Å². The van der Waals surface area contributed by atoms with Crippen molar-refractivity contribution < 1.29 is 13.2 Å². The van der Waals surface area contributed by atoms with Gasteiger partial charge in [-0.05, 0) is 42.8 Å². The molecule has 1 amide bonds. The number of hydrogen-bond donors (Lipinski definition) is 1. The molecule has 0 radical (unpaired) electrons. The maximum Gasteiger partial charge on any atom is 0.232 e. The van der Waals surface area contributed by atoms with Crippen molar-refractivity contribution in [1.29, 1.82) is 0 Å². The molecule has 0 aliphatic heterocycles. The van der Waals surface area contributed by atoms with E-state index in [9.17, 15) is 13.2 Å². The number of anilines is 2. The molecule has 140 valence electrons. The number of nitrogens with zero attached hydrogens (tertiary/aromatic N) is 1. The first-order valence-electron chi connectivity index (χ1n) is 7.65. The Hall–Kier alpha value is -1.47. The summed E-state index contributed by atoms with van der Waals surface area (Å²) in [6.07, 6.45) is 1.55. The smallest absolute Gasteiger partial charge is 0.232 e. The molecule has 1 N–H and O–H groups in total. The highest BCUT2D eigenvalue weighted by Gasteiger charge is 2.18. The topological polar surface area (TPSA) is 66.5 Å². The van der Waals surface area contributed by atoms with Crippen LogP contribution in [0.25, 0.3) is 0 Å². The van der Waals surface area contributed by atoms with Crippen molar-refractivity contribution in [1.82, 2.24) is 0 Å². The van der Waals surface area contributed by atoms with Crippen molar-refractivity contribution in [2.75, 3.05) is 22.4 Å². The van der Waals surface area contributed by atoms with E-state index in [-0.39, 0.29) is 18.9 Å². The minimum atomic E-state index is -3.50. The molecule has 26 heavy (non-hydrogen) atoms. The summed E-state index contributed by atoms with van der Waals surface area (Å²) in [5.41, 5.74) is 0.872. The van der Waals surface area contributed by atoms with Crippen molar-refractivity contribution in [2.24, 2.45) is 0 Å². The highest BCUT2D eigenvalue weighted by molar-refractivity contribution is 7.92. The van der Waals surface area contributed by atoms with E-state index in [1.807, 2.05) is 0 Å². The van der Waals surface area contributed by atoms with Gasteiger partial charge in [0, 0.05) is 23.0 Å². The molecule has 0 heterocycles. The number of hydrogen-bond acceptors (Lipinski definition) is 3. The molecular formula is C17H17Cl3N2O3S. The lowest BCUT2D eigenvalue weighted by molar-refractivity contribution is -0.116. The largest absolute Gasteiger partial charge is 0.325 e. The second-order valence-electron chi connectivity index (χ2n) is 5.59. The minimum absolute atomic E-state index is 0.120. The number of sulfonamides is 1. The van der Waals surface area contributed by atoms with Gasteiger partial charge >= 0.3 is 0 Å². The Morgan fingerprint density at radius 2 is 1.77 bits per heavy atom. The fourth-order valence-electron chi connectivity index (χ4n) is 2.31. The average molecular weight is 436 g/mol. The maximum atomic E-state index is 12.1. The zero-order chi connectivity index (χ0) is 19.3. The van der Waals surface area contributed by atoms with Gasteiger partial charge in [0.2, 0.25) is 15.9 Å². The third kappa shape index (κ3) is 6.06. The van der Waals surface area contributed by atoms with Gasteiger partial charge in [0.1, 0.15) is 0 Å². The van der Waals surface area contributed by atoms with Crippen molar-refractivity contribution in [2.45, 2.75) is 12.8 Å². The molecule has 0 unspecified atom stereocenters. The zero-order valence-corrected chi connectivity index (χ0v) is 17.0. The molecule has 2 aromatic rings. The van der Waals surface area contributed by atoms with Crippen molar-refractivity contribution in [3.8, 4) is 0 Å². The lowest BCUT2D eigenvalue weighted by Crippen LogP contribution is -2.31. The van der Waals surface area contributed by atoms with E-state index in [1.54, 1.807) is 42.5 Å². The first-order chi connectivity index (χ1) is 12.2. The van der Waals surface area contributed by atoms with E-state index in [0.717, 1.165) is 6.26 Å². The minimum Gasteiger partial charge on any atom is -0.325 e. The number of nitrogens with one attached hydrogen (secondary N) is 1. The summed E-state index contributed by atoms with van der Waals surface area (Å²) in [6.45, 7) is 0.149. The SMILES string of the molecule is CS(=O)(=O)N(CCCC(=O)Nc1cc(Cl)ccc1Cl)c1cccc(Cl)c1. The third-order valence-electron chi connectivity index (χ3n) is 3.46. The molecule has 0 aromatic heterocycles. The van der Waals surface area contributed by atoms with Gasteiger partial charge in [-0.25, -0.2) is 8.42 Å². The molecule has 0 aliphatic carbocycles. The number of carbonyl (C=O) groups excluding carboxylic acids is 1. The van der Waals surface area contributed by atoms with Crippen LogP contribution in [0.15, 0.2) is 42.5 Å². The van der Waals surface area contributed by atoms with Crippen LogP contribution < -0.4 is 9.62 Å². The highest BCUT2D eigenvalue weighted by atomic mass is 35.5. The van der Waals surface area contributed by atoms with Crippen LogP contribution in [0.2, 0.25) is 15.1 Å². The van der Waals surface area contributed by atoms with Crippen LogP contribution in [-0.2, 0) is 14.8 Å². The lowest BCUT2D eigenvalue weighted by atomic mass is 10.2. The predicted octanol–water partition coefficient (Wildman–Crippen LogP) is 4.83. The standard InChI is InChI=1S/C17H17Cl3N2O3S/c1-26(24,25)22(14-5-2-4-12(18)10-14)9-3-6-17(23)21-16-11-13(19)7-8-15(16)20/h2,4-5,7-8,10-11H,3,6,9H2,1H3,(H,21,23). The average Bonchev–Trinajstić information content (AvgIpc) is 2.54. The Balaban J connectivity index is 1.99. The van der Waals surface area contributed by atoms with Crippen LogP contribution >= 0.6 is 34.8 Å². The molecule has 2 rings (SSSR count). The first-order valence-corrected chi connectivity index (χ1v) is 10.6. The normalized spacial score (nSPS) is 11.2. The number of amides is 1. The van der Waals surface area contributed by atoms with Crippen LogP contribution in [-0.4, -0.2) is 27.1 Å². The van der Waals surface area contributed by atoms with Gasteiger partial charge in [-0.1, -0.05) is 40.9 Å². The number of benzene rings is 2. The van der Waals surface area contributed by atoms with E-state index in [0.29, 0.717) is 32.9 Å². The van der Waals surface area contributed by atoms with Crippen LogP contribution in [0.3, 0.4) is 0 Å². The molecule has 0 aliphatic rings. The van der Waals surface area contributed by atoms with Gasteiger partial charge in [-0.15, -0.1) is 0 Å². The second-order valence-corrected chi connectivity index (χ2v) is 8.78. The molecule has 9 heteroatoms. The Morgan fingerprint density at radius 1 is 1.08 bits per heavy atom. The molecule has 0 spiro atoms. The van der Waals surface area contributed by atoms with Crippen molar-refractivity contribution >= 4 is 62.1 Å². The van der Waals surface area contributed by atoms with E-state index in [2.05, 4.69) is 5.32 Å². The van der Waals surface area contributed by atoms with Gasteiger partial charge in [-0.3, -0.25) is 9.10 Å². The summed E-state index contributed by atoms with van der Waals surface area (Å²) < 4.78 is 25.3.